The summed E-state index contributed by atoms with van der Waals surface area (Å²) in [6, 6.07) is 3.18. The van der Waals surface area contributed by atoms with Gasteiger partial charge in [-0.1, -0.05) is 13.3 Å². The first kappa shape index (κ1) is 30.5. The summed E-state index contributed by atoms with van der Waals surface area (Å²) in [6.07, 6.45) is 3.98. The molecule has 0 bridgehead atoms. The fourth-order valence-corrected chi connectivity index (χ4v) is 5.47. The molecule has 1 saturated heterocycles. The van der Waals surface area contributed by atoms with Gasteiger partial charge in [0, 0.05) is 52.1 Å². The highest BCUT2D eigenvalue weighted by molar-refractivity contribution is 5.79. The summed E-state index contributed by atoms with van der Waals surface area (Å²) < 4.78 is 16.6. The first-order valence-corrected chi connectivity index (χ1v) is 13.9. The van der Waals surface area contributed by atoms with Gasteiger partial charge in [0.1, 0.15) is 0 Å². The minimum absolute atomic E-state index is 0.0153. The van der Waals surface area contributed by atoms with Crippen LogP contribution in [0.1, 0.15) is 57.4 Å². The second-order valence-corrected chi connectivity index (χ2v) is 10.4. The van der Waals surface area contributed by atoms with Crippen molar-refractivity contribution in [1.82, 2.24) is 14.7 Å². The lowest BCUT2D eigenvalue weighted by molar-refractivity contribution is -0.144. The van der Waals surface area contributed by atoms with Gasteiger partial charge in [0.15, 0.2) is 11.5 Å². The number of amides is 2. The Bertz CT molecular complexity index is 1000. The molecule has 0 saturated carbocycles. The van der Waals surface area contributed by atoms with Crippen LogP contribution >= 0.6 is 0 Å². The number of carboxylic acid groups (broad SMARTS) is 1. The van der Waals surface area contributed by atoms with E-state index in [1.54, 1.807) is 18.0 Å². The van der Waals surface area contributed by atoms with E-state index < -0.39 is 23.8 Å². The molecule has 11 heteroatoms. The van der Waals surface area contributed by atoms with Gasteiger partial charge in [0.2, 0.25) is 24.4 Å². The van der Waals surface area contributed by atoms with Crippen molar-refractivity contribution >= 4 is 17.8 Å². The monoisotopic (exact) mass is 548 g/mol. The number of carbonyl (C=O) groups is 3. The Balaban J connectivity index is 1.91. The van der Waals surface area contributed by atoms with Crippen LogP contribution in [0, 0.1) is 5.92 Å². The van der Waals surface area contributed by atoms with Crippen LogP contribution in [-0.2, 0) is 14.4 Å². The summed E-state index contributed by atoms with van der Waals surface area (Å²) >= 11 is 0. The van der Waals surface area contributed by atoms with Gasteiger partial charge in [0.25, 0.3) is 0 Å². The van der Waals surface area contributed by atoms with Gasteiger partial charge in [-0.15, -0.1) is 0 Å². The number of benzene rings is 1. The zero-order valence-electron chi connectivity index (χ0n) is 23.7. The van der Waals surface area contributed by atoms with E-state index in [2.05, 4.69) is 6.92 Å². The SMILES string of the molecule is CCCCN(CCCCN)C(=O)CN1C[C@H](c2cc(OC)c3c(c2)OCO3)[C@@H](C(=O)O)[C@@H]1CCN(C)C(C)=O. The Hall–Kier alpha value is -3.05. The molecule has 11 nitrogen and oxygen atoms in total. The summed E-state index contributed by atoms with van der Waals surface area (Å²) in [7, 11) is 3.23. The van der Waals surface area contributed by atoms with Crippen molar-refractivity contribution in [3.8, 4) is 17.2 Å². The Morgan fingerprint density at radius 1 is 1.15 bits per heavy atom. The maximum absolute atomic E-state index is 13.5. The smallest absolute Gasteiger partial charge is 0.308 e. The van der Waals surface area contributed by atoms with Gasteiger partial charge in [0.05, 0.1) is 19.6 Å². The zero-order chi connectivity index (χ0) is 28.5. The molecule has 3 atom stereocenters. The number of hydrogen-bond donors (Lipinski definition) is 2. The summed E-state index contributed by atoms with van der Waals surface area (Å²) in [5.74, 6) is -0.741. The minimum atomic E-state index is -0.937. The Labute approximate surface area is 231 Å². The summed E-state index contributed by atoms with van der Waals surface area (Å²) in [5.41, 5.74) is 6.43. The third kappa shape index (κ3) is 7.54. The lowest BCUT2D eigenvalue weighted by Gasteiger charge is -2.30. The first-order valence-electron chi connectivity index (χ1n) is 13.9. The molecular weight excluding hydrogens is 504 g/mol. The van der Waals surface area contributed by atoms with Crippen molar-refractivity contribution in [2.24, 2.45) is 11.7 Å². The second-order valence-electron chi connectivity index (χ2n) is 10.4. The van der Waals surface area contributed by atoms with E-state index in [9.17, 15) is 19.5 Å². The molecule has 1 fully saturated rings. The summed E-state index contributed by atoms with van der Waals surface area (Å²) in [5, 5.41) is 10.4. The van der Waals surface area contributed by atoms with Crippen LogP contribution in [0.3, 0.4) is 0 Å². The predicted molar refractivity (Wildman–Crippen MR) is 146 cm³/mol. The third-order valence-corrected chi connectivity index (χ3v) is 7.79. The van der Waals surface area contributed by atoms with Gasteiger partial charge in [-0.2, -0.15) is 0 Å². The van der Waals surface area contributed by atoms with Crippen LogP contribution in [0.5, 0.6) is 17.2 Å². The molecule has 39 heavy (non-hydrogen) atoms. The van der Waals surface area contributed by atoms with Gasteiger partial charge in [-0.25, -0.2) is 0 Å². The van der Waals surface area contributed by atoms with E-state index in [-0.39, 0.29) is 25.2 Å². The zero-order valence-corrected chi connectivity index (χ0v) is 23.7. The molecule has 0 aliphatic carbocycles. The molecule has 0 aromatic heterocycles. The molecule has 0 spiro atoms. The molecule has 218 valence electrons. The second kappa shape index (κ2) is 14.4. The average molecular weight is 549 g/mol. The van der Waals surface area contributed by atoms with E-state index in [1.165, 1.54) is 14.0 Å². The number of carboxylic acids is 1. The number of rotatable bonds is 15. The molecule has 0 unspecified atom stereocenters. The molecule has 1 aromatic carbocycles. The molecule has 1 aromatic rings. The third-order valence-electron chi connectivity index (χ3n) is 7.79. The summed E-state index contributed by atoms with van der Waals surface area (Å²) in [6.45, 7) is 6.40. The Kier molecular flexibility index (Phi) is 11.2. The average Bonchev–Trinajstić information content (AvgIpc) is 3.53. The molecule has 3 N–H and O–H groups in total. The number of ether oxygens (including phenoxy) is 3. The van der Waals surface area contributed by atoms with E-state index in [1.807, 2.05) is 15.9 Å². The predicted octanol–water partition coefficient (Wildman–Crippen LogP) is 2.13. The quantitative estimate of drug-likeness (QED) is 0.316. The van der Waals surface area contributed by atoms with E-state index in [0.29, 0.717) is 56.4 Å². The van der Waals surface area contributed by atoms with Gasteiger partial charge >= 0.3 is 5.97 Å². The highest BCUT2D eigenvalue weighted by Gasteiger charge is 2.47. The number of hydrogen-bond acceptors (Lipinski definition) is 8. The van der Waals surface area contributed by atoms with Crippen LogP contribution in [-0.4, -0.2) is 104 Å². The Morgan fingerprint density at radius 3 is 2.54 bits per heavy atom. The maximum atomic E-state index is 13.5. The molecule has 2 amide bonds. The lowest BCUT2D eigenvalue weighted by atomic mass is 9.84. The number of nitrogens with zero attached hydrogens (tertiary/aromatic N) is 3. The van der Waals surface area contributed by atoms with E-state index >= 15 is 0 Å². The topological polar surface area (TPSA) is 135 Å². The van der Waals surface area contributed by atoms with Crippen molar-refractivity contribution in [1.29, 1.82) is 0 Å². The van der Waals surface area contributed by atoms with E-state index in [0.717, 1.165) is 31.2 Å². The number of likely N-dealkylation sites (tertiary alicyclic amines) is 1. The molecule has 2 aliphatic heterocycles. The van der Waals surface area contributed by atoms with Crippen LogP contribution in [0.4, 0.5) is 0 Å². The van der Waals surface area contributed by atoms with Crippen LogP contribution in [0.2, 0.25) is 0 Å². The molecular formula is C28H44N4O7. The summed E-state index contributed by atoms with van der Waals surface area (Å²) in [4.78, 5) is 43.6. The normalized spacial score (nSPS) is 20.2. The van der Waals surface area contributed by atoms with Crippen molar-refractivity contribution in [3.63, 3.8) is 0 Å². The number of fused-ring (bicyclic) bond motifs is 1. The highest BCUT2D eigenvalue weighted by Crippen LogP contribution is 2.47. The molecule has 3 rings (SSSR count). The lowest BCUT2D eigenvalue weighted by Crippen LogP contribution is -2.45. The van der Waals surface area contributed by atoms with Crippen molar-refractivity contribution in [2.75, 3.05) is 60.2 Å². The minimum Gasteiger partial charge on any atom is -0.493 e. The standard InChI is InChI=1S/C28H44N4O7/c1-5-6-11-31(12-8-7-10-29)25(34)17-32-16-21(20-14-23(37-4)27-24(15-20)38-18-39-27)26(28(35)36)22(32)9-13-30(3)19(2)33/h14-15,21-22,26H,5-13,16-18,29H2,1-4H3,(H,35,36)/t21-,22+,26-/m1/s1. The highest BCUT2D eigenvalue weighted by atomic mass is 16.7. The van der Waals surface area contributed by atoms with Crippen LogP contribution in [0.25, 0.3) is 0 Å². The number of aliphatic carboxylic acids is 1. The molecule has 2 aliphatic rings. The number of nitrogens with two attached hydrogens (primary N) is 1. The first-order chi connectivity index (χ1) is 18.7. The number of carbonyl (C=O) groups excluding carboxylic acids is 2. The van der Waals surface area contributed by atoms with E-state index in [4.69, 9.17) is 19.9 Å². The maximum Gasteiger partial charge on any atom is 0.308 e. The number of unbranched alkanes of at least 4 members (excludes halogenated alkanes) is 2. The fourth-order valence-electron chi connectivity index (χ4n) is 5.47. The molecule has 0 radical (unpaired) electrons. The van der Waals surface area contributed by atoms with Crippen LogP contribution < -0.4 is 19.9 Å². The molecule has 2 heterocycles. The van der Waals surface area contributed by atoms with Crippen molar-refractivity contribution in [2.45, 2.75) is 57.9 Å². The van der Waals surface area contributed by atoms with Gasteiger partial charge in [-0.3, -0.25) is 19.3 Å². The van der Waals surface area contributed by atoms with Gasteiger partial charge in [-0.05, 0) is 49.9 Å². The van der Waals surface area contributed by atoms with Crippen molar-refractivity contribution in [3.05, 3.63) is 17.7 Å². The largest absolute Gasteiger partial charge is 0.493 e. The fraction of sp³-hybridized carbons (Fsp3) is 0.679. The van der Waals surface area contributed by atoms with Gasteiger partial charge < -0.3 is 34.9 Å². The van der Waals surface area contributed by atoms with Crippen molar-refractivity contribution < 1.29 is 33.7 Å². The van der Waals surface area contributed by atoms with Crippen LogP contribution in [0.15, 0.2) is 12.1 Å². The number of methoxy groups -OCH3 is 1. The Morgan fingerprint density at radius 2 is 1.90 bits per heavy atom.